The minimum Gasteiger partial charge on any atom is -0.376 e. The van der Waals surface area contributed by atoms with E-state index in [1.807, 2.05) is 0 Å². The fourth-order valence-corrected chi connectivity index (χ4v) is 3.48. The van der Waals surface area contributed by atoms with Crippen LogP contribution in [0.4, 0.5) is 0 Å². The lowest BCUT2D eigenvalue weighted by Crippen LogP contribution is -2.30. The fourth-order valence-electron chi connectivity index (χ4n) is 3.48. The van der Waals surface area contributed by atoms with Crippen LogP contribution in [-0.4, -0.2) is 19.3 Å². The third-order valence-electron chi connectivity index (χ3n) is 4.83. The average molecular weight is 289 g/mol. The summed E-state index contributed by atoms with van der Waals surface area (Å²) in [6, 6.07) is 8.96. The molecule has 0 aliphatic heterocycles. The van der Waals surface area contributed by atoms with Crippen LogP contribution < -0.4 is 5.32 Å². The van der Waals surface area contributed by atoms with E-state index in [0.717, 1.165) is 19.1 Å². The first-order valence-corrected chi connectivity index (χ1v) is 8.65. The van der Waals surface area contributed by atoms with E-state index in [9.17, 15) is 0 Å². The molecule has 3 atom stereocenters. The van der Waals surface area contributed by atoms with Crippen molar-refractivity contribution in [1.29, 1.82) is 0 Å². The zero-order chi connectivity index (χ0) is 15.1. The minimum atomic E-state index is 0.318. The van der Waals surface area contributed by atoms with Crippen molar-refractivity contribution in [2.75, 3.05) is 13.2 Å². The van der Waals surface area contributed by atoms with E-state index < -0.39 is 0 Å². The highest BCUT2D eigenvalue weighted by atomic mass is 16.5. The lowest BCUT2D eigenvalue weighted by atomic mass is 9.85. The molecule has 1 fully saturated rings. The minimum absolute atomic E-state index is 0.318. The summed E-state index contributed by atoms with van der Waals surface area (Å²) in [6.07, 6.45) is 6.99. The second kappa shape index (κ2) is 8.55. The van der Waals surface area contributed by atoms with Gasteiger partial charge in [-0.2, -0.15) is 0 Å². The summed E-state index contributed by atoms with van der Waals surface area (Å²) in [5.74, 6) is 0.875. The van der Waals surface area contributed by atoms with Gasteiger partial charge in [-0.25, -0.2) is 0 Å². The number of hydrogen-bond donors (Lipinski definition) is 1. The molecule has 2 heteroatoms. The van der Waals surface area contributed by atoms with Crippen molar-refractivity contribution in [3.63, 3.8) is 0 Å². The van der Waals surface area contributed by atoms with Gasteiger partial charge in [0.25, 0.3) is 0 Å². The highest BCUT2D eigenvalue weighted by molar-refractivity contribution is 5.28. The van der Waals surface area contributed by atoms with E-state index >= 15 is 0 Å². The Bertz CT molecular complexity index is 418. The van der Waals surface area contributed by atoms with Crippen molar-refractivity contribution in [1.82, 2.24) is 5.32 Å². The third kappa shape index (κ3) is 4.82. The summed E-state index contributed by atoms with van der Waals surface area (Å²) in [5, 5.41) is 3.58. The summed E-state index contributed by atoms with van der Waals surface area (Å²) >= 11 is 0. The van der Waals surface area contributed by atoms with Crippen molar-refractivity contribution in [2.45, 2.75) is 65.0 Å². The van der Waals surface area contributed by atoms with Crippen molar-refractivity contribution >= 4 is 0 Å². The molecular weight excluding hydrogens is 258 g/mol. The Morgan fingerprint density at radius 3 is 2.76 bits per heavy atom. The SMILES string of the molecule is CCNC(COC1CCCC(CC)C1)c1ccccc1C. The van der Waals surface area contributed by atoms with Crippen LogP contribution in [0.25, 0.3) is 0 Å². The van der Waals surface area contributed by atoms with Gasteiger partial charge in [-0.05, 0) is 43.4 Å². The van der Waals surface area contributed by atoms with Crippen LogP contribution in [0.15, 0.2) is 24.3 Å². The Kier molecular flexibility index (Phi) is 6.72. The quantitative estimate of drug-likeness (QED) is 0.790. The molecule has 0 saturated heterocycles. The smallest absolute Gasteiger partial charge is 0.0665 e. The Hall–Kier alpha value is -0.860. The van der Waals surface area contributed by atoms with Crippen LogP contribution in [0.2, 0.25) is 0 Å². The predicted octanol–water partition coefficient (Wildman–Crippen LogP) is 4.63. The van der Waals surface area contributed by atoms with Crippen LogP contribution in [-0.2, 0) is 4.74 Å². The first kappa shape index (κ1) is 16.5. The molecule has 3 unspecified atom stereocenters. The van der Waals surface area contributed by atoms with Crippen LogP contribution in [0.3, 0.4) is 0 Å². The normalized spacial score (nSPS) is 24.0. The first-order chi connectivity index (χ1) is 10.2. The average Bonchev–Trinajstić information content (AvgIpc) is 2.52. The summed E-state index contributed by atoms with van der Waals surface area (Å²) in [5.41, 5.74) is 2.73. The van der Waals surface area contributed by atoms with Gasteiger partial charge in [-0.15, -0.1) is 0 Å². The standard InChI is InChI=1S/C19H31NO/c1-4-16-10-8-11-17(13-16)21-14-19(20-5-2)18-12-7-6-9-15(18)3/h6-7,9,12,16-17,19-20H,4-5,8,10-11,13-14H2,1-3H3. The van der Waals surface area contributed by atoms with Gasteiger partial charge in [0.1, 0.15) is 0 Å². The van der Waals surface area contributed by atoms with Gasteiger partial charge in [0.2, 0.25) is 0 Å². The summed E-state index contributed by atoms with van der Waals surface area (Å²) in [6.45, 7) is 8.43. The van der Waals surface area contributed by atoms with Crippen molar-refractivity contribution in [3.8, 4) is 0 Å². The maximum atomic E-state index is 6.28. The maximum Gasteiger partial charge on any atom is 0.0665 e. The molecule has 0 radical (unpaired) electrons. The molecule has 0 bridgehead atoms. The van der Waals surface area contributed by atoms with Crippen molar-refractivity contribution < 1.29 is 4.74 Å². The molecule has 2 nitrogen and oxygen atoms in total. The molecule has 1 aliphatic carbocycles. The highest BCUT2D eigenvalue weighted by Crippen LogP contribution is 2.29. The maximum absolute atomic E-state index is 6.28. The van der Waals surface area contributed by atoms with Gasteiger partial charge in [0.05, 0.1) is 18.8 Å². The molecule has 1 aromatic carbocycles. The zero-order valence-electron chi connectivity index (χ0n) is 13.9. The van der Waals surface area contributed by atoms with Gasteiger partial charge >= 0.3 is 0 Å². The fraction of sp³-hybridized carbons (Fsp3) is 0.684. The number of hydrogen-bond acceptors (Lipinski definition) is 2. The Morgan fingerprint density at radius 1 is 1.24 bits per heavy atom. The third-order valence-corrected chi connectivity index (χ3v) is 4.83. The van der Waals surface area contributed by atoms with Crippen LogP contribution in [0.1, 0.15) is 63.1 Å². The molecule has 1 N–H and O–H groups in total. The lowest BCUT2D eigenvalue weighted by Gasteiger charge is -2.30. The van der Waals surface area contributed by atoms with E-state index in [0.29, 0.717) is 12.1 Å². The molecule has 1 saturated carbocycles. The second-order valence-corrected chi connectivity index (χ2v) is 6.36. The van der Waals surface area contributed by atoms with E-state index in [-0.39, 0.29) is 0 Å². The highest BCUT2D eigenvalue weighted by Gasteiger charge is 2.22. The summed E-state index contributed by atoms with van der Waals surface area (Å²) in [4.78, 5) is 0. The molecule has 1 aromatic rings. The number of rotatable bonds is 7. The lowest BCUT2D eigenvalue weighted by molar-refractivity contribution is 0.00133. The van der Waals surface area contributed by atoms with E-state index in [2.05, 4.69) is 50.4 Å². The molecule has 0 spiro atoms. The Balaban J connectivity index is 1.92. The number of likely N-dealkylation sites (N-methyl/N-ethyl adjacent to an activating group) is 1. The predicted molar refractivity (Wildman–Crippen MR) is 89.6 cm³/mol. The molecule has 0 heterocycles. The second-order valence-electron chi connectivity index (χ2n) is 6.36. The molecule has 0 amide bonds. The van der Waals surface area contributed by atoms with Crippen LogP contribution in [0.5, 0.6) is 0 Å². The number of benzene rings is 1. The molecule has 2 rings (SSSR count). The molecule has 118 valence electrons. The van der Waals surface area contributed by atoms with Crippen molar-refractivity contribution in [2.24, 2.45) is 5.92 Å². The van der Waals surface area contributed by atoms with E-state index in [1.54, 1.807) is 0 Å². The molecule has 1 aliphatic rings. The number of ether oxygens (including phenoxy) is 1. The van der Waals surface area contributed by atoms with E-state index in [4.69, 9.17) is 4.74 Å². The van der Waals surface area contributed by atoms with Gasteiger partial charge in [-0.1, -0.05) is 57.4 Å². The first-order valence-electron chi connectivity index (χ1n) is 8.65. The largest absolute Gasteiger partial charge is 0.376 e. The van der Waals surface area contributed by atoms with Crippen LogP contribution >= 0.6 is 0 Å². The monoisotopic (exact) mass is 289 g/mol. The van der Waals surface area contributed by atoms with E-state index in [1.165, 1.54) is 43.2 Å². The molecule has 0 aromatic heterocycles. The summed E-state index contributed by atoms with van der Waals surface area (Å²) < 4.78 is 6.28. The Labute approximate surface area is 130 Å². The topological polar surface area (TPSA) is 21.3 Å². The number of nitrogens with one attached hydrogen (secondary N) is 1. The van der Waals surface area contributed by atoms with Crippen molar-refractivity contribution in [3.05, 3.63) is 35.4 Å². The van der Waals surface area contributed by atoms with Gasteiger partial charge in [-0.3, -0.25) is 0 Å². The van der Waals surface area contributed by atoms with Gasteiger partial charge in [0.15, 0.2) is 0 Å². The number of aryl methyl sites for hydroxylation is 1. The zero-order valence-corrected chi connectivity index (χ0v) is 13.9. The van der Waals surface area contributed by atoms with Gasteiger partial charge in [0, 0.05) is 0 Å². The van der Waals surface area contributed by atoms with Crippen LogP contribution in [0, 0.1) is 12.8 Å². The Morgan fingerprint density at radius 2 is 2.05 bits per heavy atom. The molecule has 21 heavy (non-hydrogen) atoms. The summed E-state index contributed by atoms with van der Waals surface area (Å²) in [7, 11) is 0. The van der Waals surface area contributed by atoms with Gasteiger partial charge < -0.3 is 10.1 Å². The molecular formula is C19H31NO.